The third-order valence-corrected chi connectivity index (χ3v) is 3.58. The number of sulfonamides is 1. The SMILES string of the molecule is COC(=O)c1cccc(N(F)S(=O)(=O)C(C)F)c1. The van der Waals surface area contributed by atoms with Gasteiger partial charge in [-0.15, -0.1) is 0 Å². The van der Waals surface area contributed by atoms with E-state index in [1.807, 2.05) is 0 Å². The molecule has 0 radical (unpaired) electrons. The maximum Gasteiger partial charge on any atom is 0.337 e. The van der Waals surface area contributed by atoms with Crippen molar-refractivity contribution in [1.82, 2.24) is 0 Å². The van der Waals surface area contributed by atoms with E-state index in [1.54, 1.807) is 0 Å². The molecule has 8 heteroatoms. The van der Waals surface area contributed by atoms with Crippen LogP contribution in [0.1, 0.15) is 17.3 Å². The monoisotopic (exact) mass is 279 g/mol. The number of benzene rings is 1. The summed E-state index contributed by atoms with van der Waals surface area (Å²) in [6, 6.07) is 4.61. The van der Waals surface area contributed by atoms with Crippen molar-refractivity contribution in [1.29, 1.82) is 0 Å². The molecule has 100 valence electrons. The second-order valence-electron chi connectivity index (χ2n) is 3.34. The summed E-state index contributed by atoms with van der Waals surface area (Å²) in [6.45, 7) is 0.700. The maximum absolute atomic E-state index is 13.6. The van der Waals surface area contributed by atoms with Crippen LogP contribution in [0.25, 0.3) is 0 Å². The van der Waals surface area contributed by atoms with E-state index in [0.717, 1.165) is 19.2 Å². The van der Waals surface area contributed by atoms with E-state index >= 15 is 0 Å². The highest BCUT2D eigenvalue weighted by Gasteiger charge is 2.30. The number of rotatable bonds is 4. The van der Waals surface area contributed by atoms with Gasteiger partial charge in [-0.1, -0.05) is 15.1 Å². The Morgan fingerprint density at radius 3 is 2.56 bits per heavy atom. The number of methoxy groups -OCH3 is 1. The highest BCUT2D eigenvalue weighted by atomic mass is 32.2. The molecule has 1 aromatic rings. The van der Waals surface area contributed by atoms with E-state index in [2.05, 4.69) is 4.74 Å². The lowest BCUT2D eigenvalue weighted by molar-refractivity contribution is 0.0600. The standard InChI is InChI=1S/C10H11F2NO4S/c1-7(11)18(15,16)13(12)9-5-3-4-8(6-9)10(14)17-2/h3-7H,1-2H3. The molecule has 0 aliphatic rings. The van der Waals surface area contributed by atoms with Crippen LogP contribution < -0.4 is 4.53 Å². The van der Waals surface area contributed by atoms with E-state index in [9.17, 15) is 22.1 Å². The van der Waals surface area contributed by atoms with E-state index in [1.165, 1.54) is 12.1 Å². The lowest BCUT2D eigenvalue weighted by atomic mass is 10.2. The minimum atomic E-state index is -4.73. The van der Waals surface area contributed by atoms with Gasteiger partial charge in [0.2, 0.25) is 5.50 Å². The average molecular weight is 279 g/mol. The largest absolute Gasteiger partial charge is 0.465 e. The summed E-state index contributed by atoms with van der Waals surface area (Å²) in [5.74, 6) is -0.754. The fraction of sp³-hybridized carbons (Fsp3) is 0.300. The molecule has 0 fully saturated rings. The highest BCUT2D eigenvalue weighted by Crippen LogP contribution is 2.23. The molecule has 0 bridgehead atoms. The number of halogens is 2. The lowest BCUT2D eigenvalue weighted by Gasteiger charge is -2.15. The number of hydrogen-bond acceptors (Lipinski definition) is 4. The van der Waals surface area contributed by atoms with E-state index < -0.39 is 31.7 Å². The first-order chi connectivity index (χ1) is 8.30. The fourth-order valence-electron chi connectivity index (χ4n) is 1.13. The van der Waals surface area contributed by atoms with Crippen molar-refractivity contribution in [3.05, 3.63) is 29.8 Å². The molecule has 0 saturated carbocycles. The number of anilines is 1. The molecule has 0 aliphatic carbocycles. The Bertz CT molecular complexity index is 545. The molecular weight excluding hydrogens is 268 g/mol. The van der Waals surface area contributed by atoms with Gasteiger partial charge in [-0.05, 0) is 25.1 Å². The summed E-state index contributed by atoms with van der Waals surface area (Å²) in [5, 5.41) is 0. The zero-order valence-electron chi connectivity index (χ0n) is 9.63. The minimum absolute atomic E-state index is 0.0423. The second kappa shape index (κ2) is 5.30. The Balaban J connectivity index is 3.15. The lowest BCUT2D eigenvalue weighted by Crippen LogP contribution is -2.29. The first kappa shape index (κ1) is 14.4. The third kappa shape index (κ3) is 2.76. The van der Waals surface area contributed by atoms with Crippen molar-refractivity contribution in [2.75, 3.05) is 11.6 Å². The number of carbonyl (C=O) groups excluding carboxylic acids is 1. The molecule has 0 aromatic heterocycles. The van der Waals surface area contributed by atoms with E-state index in [-0.39, 0.29) is 5.56 Å². The van der Waals surface area contributed by atoms with Crippen LogP contribution in [0, 0.1) is 0 Å². The van der Waals surface area contributed by atoms with Crippen molar-refractivity contribution < 1.29 is 26.8 Å². The van der Waals surface area contributed by atoms with Gasteiger partial charge in [0.05, 0.1) is 18.4 Å². The predicted octanol–water partition coefficient (Wildman–Crippen LogP) is 1.81. The summed E-state index contributed by atoms with van der Waals surface area (Å²) in [6.07, 6.45) is 0. The van der Waals surface area contributed by atoms with E-state index in [0.29, 0.717) is 6.92 Å². The normalized spacial score (nSPS) is 12.9. The van der Waals surface area contributed by atoms with Crippen LogP contribution in [0.4, 0.5) is 14.6 Å². The number of ether oxygens (including phenoxy) is 1. The van der Waals surface area contributed by atoms with Gasteiger partial charge in [-0.25, -0.2) is 17.6 Å². The fourth-order valence-corrected chi connectivity index (χ4v) is 1.80. The second-order valence-corrected chi connectivity index (χ2v) is 5.34. The summed E-state index contributed by atoms with van der Waals surface area (Å²) in [7, 11) is -3.60. The molecule has 5 nitrogen and oxygen atoms in total. The van der Waals surface area contributed by atoms with Gasteiger partial charge >= 0.3 is 5.97 Å². The summed E-state index contributed by atoms with van der Waals surface area (Å²) < 4.78 is 52.5. The first-order valence-corrected chi connectivity index (χ1v) is 6.33. The van der Waals surface area contributed by atoms with Crippen molar-refractivity contribution in [3.8, 4) is 0 Å². The zero-order valence-corrected chi connectivity index (χ0v) is 10.4. The van der Waals surface area contributed by atoms with Crippen LogP contribution in [0.3, 0.4) is 0 Å². The predicted molar refractivity (Wildman–Crippen MR) is 60.9 cm³/mol. The number of hydrogen-bond donors (Lipinski definition) is 0. The van der Waals surface area contributed by atoms with Crippen LogP contribution in [0.15, 0.2) is 24.3 Å². The Labute approximate surface area is 103 Å². The Morgan fingerprint density at radius 2 is 2.06 bits per heavy atom. The Kier molecular flexibility index (Phi) is 4.23. The molecule has 18 heavy (non-hydrogen) atoms. The van der Waals surface area contributed by atoms with Gasteiger partial charge < -0.3 is 4.74 Å². The van der Waals surface area contributed by atoms with Crippen LogP contribution >= 0.6 is 0 Å². The van der Waals surface area contributed by atoms with Crippen LogP contribution in [-0.2, 0) is 14.8 Å². The summed E-state index contributed by atoms with van der Waals surface area (Å²) in [4.78, 5) is 11.2. The van der Waals surface area contributed by atoms with E-state index in [4.69, 9.17) is 0 Å². The molecular formula is C10H11F2NO4S. The minimum Gasteiger partial charge on any atom is -0.465 e. The highest BCUT2D eigenvalue weighted by molar-refractivity contribution is 7.93. The third-order valence-electron chi connectivity index (χ3n) is 2.10. The molecule has 0 amide bonds. The van der Waals surface area contributed by atoms with Crippen LogP contribution in [0.2, 0.25) is 0 Å². The van der Waals surface area contributed by atoms with Crippen LogP contribution in [0.5, 0.6) is 0 Å². The van der Waals surface area contributed by atoms with Crippen LogP contribution in [-0.4, -0.2) is 27.0 Å². The summed E-state index contributed by atoms with van der Waals surface area (Å²) in [5.41, 5.74) is -2.91. The molecule has 1 rings (SSSR count). The quantitative estimate of drug-likeness (QED) is 0.623. The number of esters is 1. The Hall–Kier alpha value is -1.70. The smallest absolute Gasteiger partial charge is 0.337 e. The molecule has 1 aromatic carbocycles. The molecule has 1 unspecified atom stereocenters. The topological polar surface area (TPSA) is 63.7 Å². The zero-order chi connectivity index (χ0) is 13.9. The summed E-state index contributed by atoms with van der Waals surface area (Å²) >= 11 is 0. The molecule has 0 N–H and O–H groups in total. The first-order valence-electron chi connectivity index (χ1n) is 4.83. The van der Waals surface area contributed by atoms with Crippen molar-refractivity contribution in [2.24, 2.45) is 0 Å². The average Bonchev–Trinajstić information content (AvgIpc) is 2.36. The van der Waals surface area contributed by atoms with Gasteiger partial charge in [0.1, 0.15) is 0 Å². The van der Waals surface area contributed by atoms with Crippen molar-refractivity contribution in [2.45, 2.75) is 12.4 Å². The number of carbonyl (C=O) groups is 1. The molecule has 0 heterocycles. The molecule has 0 aliphatic heterocycles. The van der Waals surface area contributed by atoms with Gasteiger partial charge in [0, 0.05) is 0 Å². The number of nitrogens with zero attached hydrogens (tertiary/aromatic N) is 1. The molecule has 1 atom stereocenters. The van der Waals surface area contributed by atoms with Gasteiger partial charge in [-0.2, -0.15) is 0 Å². The van der Waals surface area contributed by atoms with Gasteiger partial charge in [0.15, 0.2) is 0 Å². The Morgan fingerprint density at radius 1 is 1.44 bits per heavy atom. The molecule has 0 saturated heterocycles. The van der Waals surface area contributed by atoms with Gasteiger partial charge in [0.25, 0.3) is 10.0 Å². The van der Waals surface area contributed by atoms with Gasteiger partial charge in [-0.3, -0.25) is 0 Å². The molecule has 0 spiro atoms. The van der Waals surface area contributed by atoms with Crippen molar-refractivity contribution in [3.63, 3.8) is 0 Å². The van der Waals surface area contributed by atoms with Crippen molar-refractivity contribution >= 4 is 21.7 Å². The maximum atomic E-state index is 13.6. The number of alkyl halides is 1.